The van der Waals surface area contributed by atoms with Crippen LogP contribution in [-0.4, -0.2) is 134 Å². The fraction of sp³-hybridized carbons (Fsp3) is 0.742. The van der Waals surface area contributed by atoms with Gasteiger partial charge >= 0.3 is 23.5 Å². The van der Waals surface area contributed by atoms with Crippen molar-refractivity contribution in [3.8, 4) is 0 Å². The molecule has 2 aromatic heterocycles. The van der Waals surface area contributed by atoms with Gasteiger partial charge in [-0.05, 0) is 6.42 Å². The van der Waals surface area contributed by atoms with Gasteiger partial charge in [-0.25, -0.2) is 28.6 Å². The molecule has 8 atom stereocenters. The summed E-state index contributed by atoms with van der Waals surface area (Å²) in [6.07, 6.45) is -1.92. The Kier molecular flexibility index (Phi) is 20.1. The van der Waals surface area contributed by atoms with E-state index in [2.05, 4.69) is 41.3 Å². The lowest BCUT2D eigenvalue weighted by Crippen LogP contribution is -2.46. The zero-order valence-electron chi connectivity index (χ0n) is 33.0. The van der Waals surface area contributed by atoms with Gasteiger partial charge in [0.05, 0.1) is 25.6 Å². The molecule has 0 bridgehead atoms. The Morgan fingerprint density at radius 2 is 1.68 bits per heavy atom. The molecule has 2 unspecified atom stereocenters. The highest BCUT2D eigenvalue weighted by atomic mass is 32.2. The lowest BCUT2D eigenvalue weighted by atomic mass is 9.87. The van der Waals surface area contributed by atoms with Crippen LogP contribution in [0.2, 0.25) is 0 Å². The van der Waals surface area contributed by atoms with E-state index >= 15 is 0 Å². The number of fused-ring (bicyclic) bond motifs is 1. The predicted molar refractivity (Wildman–Crippen MR) is 211 cm³/mol. The number of phosphoric acid groups is 3. The van der Waals surface area contributed by atoms with E-state index < -0.39 is 90.7 Å². The summed E-state index contributed by atoms with van der Waals surface area (Å²) in [7, 11) is -16.4. The van der Waals surface area contributed by atoms with Gasteiger partial charge in [0.2, 0.25) is 11.8 Å². The fourth-order valence-electron chi connectivity index (χ4n) is 5.63. The van der Waals surface area contributed by atoms with Crippen molar-refractivity contribution in [1.82, 2.24) is 30.2 Å². The molecule has 0 aromatic carbocycles. The van der Waals surface area contributed by atoms with Crippen LogP contribution in [0, 0.1) is 5.41 Å². The number of nitrogens with zero attached hydrogens (tertiary/aromatic N) is 4. The Morgan fingerprint density at radius 1 is 1.00 bits per heavy atom. The van der Waals surface area contributed by atoms with E-state index in [4.69, 9.17) is 19.5 Å². The lowest BCUT2D eigenvalue weighted by molar-refractivity contribution is -0.137. The molecule has 0 saturated carbocycles. The number of hydrogen-bond donors (Lipinski definition) is 10. The van der Waals surface area contributed by atoms with Crippen molar-refractivity contribution in [3.63, 3.8) is 0 Å². The van der Waals surface area contributed by atoms with Crippen molar-refractivity contribution < 1.29 is 85.6 Å². The third kappa shape index (κ3) is 17.0. The number of anilines is 1. The van der Waals surface area contributed by atoms with Crippen LogP contribution in [0.15, 0.2) is 12.7 Å². The van der Waals surface area contributed by atoms with Gasteiger partial charge in [0.15, 0.2) is 22.8 Å². The number of aliphatic hydroxyl groups excluding tert-OH is 3. The van der Waals surface area contributed by atoms with Crippen LogP contribution in [0.5, 0.6) is 0 Å². The smallest absolute Gasteiger partial charge is 0.393 e. The highest BCUT2D eigenvalue weighted by molar-refractivity contribution is 8.13. The number of carbonyl (C=O) groups is 3. The summed E-state index contributed by atoms with van der Waals surface area (Å²) >= 11 is 0.986. The summed E-state index contributed by atoms with van der Waals surface area (Å²) in [5.41, 5.74) is 4.25. The van der Waals surface area contributed by atoms with Crippen LogP contribution >= 0.6 is 35.2 Å². The van der Waals surface area contributed by atoms with Crippen LogP contribution in [-0.2, 0) is 50.7 Å². The van der Waals surface area contributed by atoms with E-state index in [1.165, 1.54) is 13.8 Å². The first kappa shape index (κ1) is 51.9. The number of thioether (sulfide) groups is 1. The summed E-state index contributed by atoms with van der Waals surface area (Å²) in [4.78, 5) is 87.9. The Labute approximate surface area is 348 Å². The fourth-order valence-corrected chi connectivity index (χ4v) is 9.20. The topological polar surface area (TPSA) is 384 Å². The molecule has 2 aromatic rings. The summed E-state index contributed by atoms with van der Waals surface area (Å²) < 4.78 is 62.2. The molecule has 60 heavy (non-hydrogen) atoms. The van der Waals surface area contributed by atoms with Gasteiger partial charge in [-0.15, -0.1) is 0 Å². The Hall–Kier alpha value is -2.48. The zero-order chi connectivity index (χ0) is 44.9. The molecule has 342 valence electrons. The first-order valence-corrected chi connectivity index (χ1v) is 24.2. The average Bonchev–Trinajstić information content (AvgIpc) is 3.71. The molecule has 3 heterocycles. The lowest BCUT2D eigenvalue weighted by Gasteiger charge is -2.30. The third-order valence-electron chi connectivity index (χ3n) is 8.81. The Morgan fingerprint density at radius 3 is 2.37 bits per heavy atom. The summed E-state index contributed by atoms with van der Waals surface area (Å²) in [5.74, 6) is -1.23. The SMILES string of the molecule is CCCCCCC[C@H](O)CC(=O)SCCNC(=O)CCNC(=O)[C@H](O)C(C)(C)COP(=O)(O)OP(=O)(O)OC[C@H]1O[C@@H](n2cnc3c(N)ncnc32)[C@H](O)[C@@H]1OP(=O)(O)O. The number of imidazole rings is 1. The zero-order valence-corrected chi connectivity index (χ0v) is 36.5. The molecule has 3 rings (SSSR count). The van der Waals surface area contributed by atoms with E-state index in [1.807, 2.05) is 0 Å². The predicted octanol–water partition coefficient (Wildman–Crippen LogP) is 0.776. The Bertz CT molecular complexity index is 1890. The Balaban J connectivity index is 1.42. The number of ether oxygens (including phenoxy) is 1. The van der Waals surface area contributed by atoms with Gasteiger partial charge in [0.1, 0.15) is 36.3 Å². The van der Waals surface area contributed by atoms with Crippen LogP contribution in [0.4, 0.5) is 5.82 Å². The van der Waals surface area contributed by atoms with E-state index in [0.29, 0.717) is 6.42 Å². The number of unbranched alkanes of at least 4 members (excludes halogenated alkanes) is 4. The van der Waals surface area contributed by atoms with Gasteiger partial charge in [-0.1, -0.05) is 64.6 Å². The molecule has 11 N–H and O–H groups in total. The maximum atomic E-state index is 12.7. The van der Waals surface area contributed by atoms with Crippen LogP contribution in [0.25, 0.3) is 11.2 Å². The molecule has 2 amide bonds. The van der Waals surface area contributed by atoms with Gasteiger partial charge in [0.25, 0.3) is 0 Å². The molecular weight excluding hydrogens is 883 g/mol. The van der Waals surface area contributed by atoms with Crippen LogP contribution < -0.4 is 16.4 Å². The molecule has 1 aliphatic rings. The maximum Gasteiger partial charge on any atom is 0.481 e. The molecule has 25 nitrogen and oxygen atoms in total. The van der Waals surface area contributed by atoms with Crippen LogP contribution in [0.3, 0.4) is 0 Å². The average molecular weight is 938 g/mol. The summed E-state index contributed by atoms with van der Waals surface area (Å²) in [6, 6.07) is 0. The van der Waals surface area contributed by atoms with Crippen molar-refractivity contribution in [1.29, 1.82) is 0 Å². The number of nitrogens with one attached hydrogen (secondary N) is 2. The van der Waals surface area contributed by atoms with Gasteiger partial charge < -0.3 is 56.0 Å². The molecule has 0 aliphatic carbocycles. The van der Waals surface area contributed by atoms with Crippen molar-refractivity contribution in [2.24, 2.45) is 5.41 Å². The maximum absolute atomic E-state index is 12.7. The minimum atomic E-state index is -5.58. The number of aromatic nitrogens is 4. The number of hydrogen-bond acceptors (Lipinski definition) is 19. The number of phosphoric ester groups is 3. The minimum absolute atomic E-state index is 0.0221. The first-order valence-electron chi connectivity index (χ1n) is 18.7. The second-order valence-corrected chi connectivity index (χ2v) is 19.7. The largest absolute Gasteiger partial charge is 0.481 e. The third-order valence-corrected chi connectivity index (χ3v) is 12.8. The standard InChI is InChI=1S/C31H54N7O18P3S/c1-4-5-6-7-8-9-19(39)14-22(41)60-13-12-33-21(40)10-11-34-29(44)26(43)31(2,3)16-53-59(50,51)56-58(48,49)52-15-20-25(55-57(45,46)47)24(42)30(54-20)38-18-37-23-27(32)35-17-36-28(23)38/h17-20,24-26,30,39,42-43H,4-16H2,1-3H3,(H,33,40)(H,34,44)(H,48,49)(H,50,51)(H2,32,35,36)(H2,45,46,47)/t19-,20+,24+,25+,26-,30+/m0/s1. The molecule has 29 heteroatoms. The monoisotopic (exact) mass is 937 g/mol. The number of carbonyl (C=O) groups excluding carboxylic acids is 3. The highest BCUT2D eigenvalue weighted by Gasteiger charge is 2.50. The number of amides is 2. The van der Waals surface area contributed by atoms with E-state index in [9.17, 15) is 63.0 Å². The van der Waals surface area contributed by atoms with Crippen molar-refractivity contribution in [2.75, 3.05) is 37.8 Å². The summed E-state index contributed by atoms with van der Waals surface area (Å²) in [6.45, 7) is 2.50. The molecule has 1 fully saturated rings. The van der Waals surface area contributed by atoms with E-state index in [1.54, 1.807) is 0 Å². The minimum Gasteiger partial charge on any atom is -0.393 e. The van der Waals surface area contributed by atoms with Gasteiger partial charge in [-0.2, -0.15) is 4.31 Å². The molecular formula is C31H54N7O18P3S. The van der Waals surface area contributed by atoms with Crippen LogP contribution in [0.1, 0.15) is 78.4 Å². The second-order valence-electron chi connectivity index (χ2n) is 14.4. The molecule has 1 saturated heterocycles. The molecule has 0 spiro atoms. The second kappa shape index (κ2) is 23.3. The quantitative estimate of drug-likeness (QED) is 0.0437. The van der Waals surface area contributed by atoms with Crippen molar-refractivity contribution >= 4 is 69.1 Å². The number of rotatable bonds is 27. The normalized spacial score (nSPS) is 21.6. The van der Waals surface area contributed by atoms with E-state index in [0.717, 1.165) is 61.1 Å². The summed E-state index contributed by atoms with van der Waals surface area (Å²) in [5, 5.41) is 36.3. The van der Waals surface area contributed by atoms with Crippen molar-refractivity contribution in [3.05, 3.63) is 12.7 Å². The van der Waals surface area contributed by atoms with Crippen molar-refractivity contribution in [2.45, 2.75) is 109 Å². The number of aliphatic hydroxyl groups is 3. The molecule has 0 radical (unpaired) electrons. The number of nitrogen functional groups attached to an aromatic ring is 1. The molecule has 1 aliphatic heterocycles. The first-order chi connectivity index (χ1) is 27.9. The van der Waals surface area contributed by atoms with Gasteiger partial charge in [-0.3, -0.25) is 32.5 Å². The highest BCUT2D eigenvalue weighted by Crippen LogP contribution is 2.61. The van der Waals surface area contributed by atoms with E-state index in [-0.39, 0.29) is 53.8 Å². The number of nitrogens with two attached hydrogens (primary N) is 1. The van der Waals surface area contributed by atoms with Gasteiger partial charge in [0, 0.05) is 37.1 Å².